The SMILES string of the molecule is c1ccc(-c2nc(N3CCOCC3)sc2Sc2sc(N3CCOCC3)nc2-c2ccccc2)cc1. The van der Waals surface area contributed by atoms with Gasteiger partial charge in [-0.25, -0.2) is 9.97 Å². The largest absolute Gasteiger partial charge is 0.378 e. The molecule has 35 heavy (non-hydrogen) atoms. The summed E-state index contributed by atoms with van der Waals surface area (Å²) in [5, 5.41) is 2.13. The Labute approximate surface area is 217 Å². The van der Waals surface area contributed by atoms with E-state index in [1.165, 1.54) is 8.42 Å². The molecule has 6 rings (SSSR count). The number of aromatic nitrogens is 2. The van der Waals surface area contributed by atoms with Gasteiger partial charge in [0, 0.05) is 37.3 Å². The third kappa shape index (κ3) is 5.10. The Morgan fingerprint density at radius 1 is 0.600 bits per heavy atom. The van der Waals surface area contributed by atoms with Crippen LogP contribution in [0.2, 0.25) is 0 Å². The molecule has 0 N–H and O–H groups in total. The van der Waals surface area contributed by atoms with Gasteiger partial charge in [-0.1, -0.05) is 95.1 Å². The number of nitrogens with zero attached hydrogens (tertiary/aromatic N) is 4. The lowest BCUT2D eigenvalue weighted by atomic mass is 10.2. The number of hydrogen-bond donors (Lipinski definition) is 0. The number of benzene rings is 2. The second kappa shape index (κ2) is 10.7. The van der Waals surface area contributed by atoms with Crippen LogP contribution in [0, 0.1) is 0 Å². The van der Waals surface area contributed by atoms with Crippen molar-refractivity contribution in [3.63, 3.8) is 0 Å². The minimum absolute atomic E-state index is 0.749. The quantitative estimate of drug-likeness (QED) is 0.319. The summed E-state index contributed by atoms with van der Waals surface area (Å²) in [6.07, 6.45) is 0. The fraction of sp³-hybridized carbons (Fsp3) is 0.308. The summed E-state index contributed by atoms with van der Waals surface area (Å²) >= 11 is 5.34. The summed E-state index contributed by atoms with van der Waals surface area (Å²) in [4.78, 5) is 14.9. The van der Waals surface area contributed by atoms with Crippen molar-refractivity contribution in [2.24, 2.45) is 0 Å². The Bertz CT molecular complexity index is 1150. The lowest BCUT2D eigenvalue weighted by Crippen LogP contribution is -2.36. The van der Waals surface area contributed by atoms with Crippen LogP contribution in [-0.2, 0) is 9.47 Å². The van der Waals surface area contributed by atoms with E-state index in [4.69, 9.17) is 19.4 Å². The molecule has 4 heterocycles. The highest BCUT2D eigenvalue weighted by atomic mass is 32.2. The van der Waals surface area contributed by atoms with Gasteiger partial charge in [-0.15, -0.1) is 0 Å². The van der Waals surface area contributed by atoms with Crippen LogP contribution in [0.1, 0.15) is 0 Å². The smallest absolute Gasteiger partial charge is 0.187 e. The Balaban J connectivity index is 1.40. The van der Waals surface area contributed by atoms with E-state index in [9.17, 15) is 0 Å². The average molecular weight is 523 g/mol. The van der Waals surface area contributed by atoms with E-state index in [2.05, 4.69) is 70.5 Å². The Kier molecular flexibility index (Phi) is 7.01. The van der Waals surface area contributed by atoms with E-state index >= 15 is 0 Å². The Hall–Kier alpha value is -2.43. The first-order valence-electron chi connectivity index (χ1n) is 11.8. The van der Waals surface area contributed by atoms with Gasteiger partial charge >= 0.3 is 0 Å². The highest BCUT2D eigenvalue weighted by Crippen LogP contribution is 2.49. The molecule has 0 amide bonds. The number of hydrogen-bond acceptors (Lipinski definition) is 9. The normalized spacial score (nSPS) is 16.6. The molecule has 2 fully saturated rings. The van der Waals surface area contributed by atoms with Gasteiger partial charge in [0.25, 0.3) is 0 Å². The van der Waals surface area contributed by atoms with Gasteiger partial charge in [0.1, 0.15) is 0 Å². The molecule has 0 saturated carbocycles. The third-order valence-corrected chi connectivity index (χ3v) is 9.59. The van der Waals surface area contributed by atoms with Crippen molar-refractivity contribution < 1.29 is 9.47 Å². The minimum Gasteiger partial charge on any atom is -0.378 e. The number of morpholine rings is 2. The van der Waals surface area contributed by atoms with E-state index in [1.54, 1.807) is 34.4 Å². The maximum Gasteiger partial charge on any atom is 0.187 e. The van der Waals surface area contributed by atoms with Gasteiger partial charge in [0.15, 0.2) is 10.3 Å². The maximum atomic E-state index is 5.57. The second-order valence-corrected chi connectivity index (χ2v) is 11.8. The molecule has 4 aromatic rings. The van der Waals surface area contributed by atoms with Gasteiger partial charge in [0.2, 0.25) is 0 Å². The van der Waals surface area contributed by atoms with E-state index < -0.39 is 0 Å². The topological polar surface area (TPSA) is 50.7 Å². The lowest BCUT2D eigenvalue weighted by molar-refractivity contribution is 0.122. The molecule has 2 aromatic heterocycles. The molecule has 180 valence electrons. The van der Waals surface area contributed by atoms with Gasteiger partial charge < -0.3 is 19.3 Å². The number of thiazole rings is 2. The van der Waals surface area contributed by atoms with Crippen LogP contribution in [0.5, 0.6) is 0 Å². The lowest BCUT2D eigenvalue weighted by Gasteiger charge is -2.26. The van der Waals surface area contributed by atoms with Crippen LogP contribution in [-0.4, -0.2) is 62.6 Å². The molecule has 0 atom stereocenters. The summed E-state index contributed by atoms with van der Waals surface area (Å²) in [7, 11) is 0. The predicted octanol–water partition coefficient (Wildman–Crippen LogP) is 5.76. The zero-order valence-electron chi connectivity index (χ0n) is 19.3. The molecular formula is C26H26N4O2S3. The molecule has 0 radical (unpaired) electrons. The number of anilines is 2. The van der Waals surface area contributed by atoms with Crippen LogP contribution in [0.25, 0.3) is 22.5 Å². The first-order valence-corrected chi connectivity index (χ1v) is 14.3. The van der Waals surface area contributed by atoms with Crippen molar-refractivity contribution >= 4 is 44.7 Å². The Morgan fingerprint density at radius 3 is 1.40 bits per heavy atom. The summed E-state index contributed by atoms with van der Waals surface area (Å²) in [6, 6.07) is 21.0. The molecule has 0 aliphatic carbocycles. The first kappa shape index (κ1) is 23.0. The first-order chi connectivity index (χ1) is 17.3. The molecule has 0 unspecified atom stereocenters. The van der Waals surface area contributed by atoms with Crippen molar-refractivity contribution in [3.05, 3.63) is 60.7 Å². The van der Waals surface area contributed by atoms with Crippen LogP contribution < -0.4 is 9.80 Å². The van der Waals surface area contributed by atoms with Crippen molar-refractivity contribution in [2.75, 3.05) is 62.4 Å². The Morgan fingerprint density at radius 2 is 1.00 bits per heavy atom. The van der Waals surface area contributed by atoms with E-state index in [0.717, 1.165) is 85.4 Å². The maximum absolute atomic E-state index is 5.57. The van der Waals surface area contributed by atoms with Crippen LogP contribution in [0.15, 0.2) is 69.1 Å². The number of ether oxygens (including phenoxy) is 2. The van der Waals surface area contributed by atoms with Crippen molar-refractivity contribution in [1.82, 2.24) is 9.97 Å². The molecule has 9 heteroatoms. The van der Waals surface area contributed by atoms with Crippen molar-refractivity contribution in [2.45, 2.75) is 8.42 Å². The van der Waals surface area contributed by atoms with Crippen LogP contribution in [0.4, 0.5) is 10.3 Å². The minimum atomic E-state index is 0.749. The van der Waals surface area contributed by atoms with Gasteiger partial charge in [0.05, 0.1) is 46.2 Å². The van der Waals surface area contributed by atoms with Gasteiger partial charge in [-0.05, 0) is 0 Å². The second-order valence-electron chi connectivity index (χ2n) is 8.30. The molecular weight excluding hydrogens is 497 g/mol. The van der Waals surface area contributed by atoms with Crippen molar-refractivity contribution in [3.8, 4) is 22.5 Å². The molecule has 6 nitrogen and oxygen atoms in total. The van der Waals surface area contributed by atoms with Gasteiger partial charge in [-0.2, -0.15) is 0 Å². The van der Waals surface area contributed by atoms with Crippen LogP contribution >= 0.6 is 34.4 Å². The molecule has 2 saturated heterocycles. The fourth-order valence-electron chi connectivity index (χ4n) is 4.15. The van der Waals surface area contributed by atoms with Gasteiger partial charge in [-0.3, -0.25) is 0 Å². The molecule has 0 spiro atoms. The zero-order valence-corrected chi connectivity index (χ0v) is 21.7. The molecule has 0 bridgehead atoms. The monoisotopic (exact) mass is 522 g/mol. The summed E-state index contributed by atoms with van der Waals surface area (Å²) in [5.74, 6) is 0. The van der Waals surface area contributed by atoms with E-state index in [0.29, 0.717) is 0 Å². The summed E-state index contributed by atoms with van der Waals surface area (Å²) < 4.78 is 13.5. The fourth-order valence-corrected chi connectivity index (χ4v) is 8.03. The summed E-state index contributed by atoms with van der Waals surface area (Å²) in [5.41, 5.74) is 4.37. The summed E-state index contributed by atoms with van der Waals surface area (Å²) in [6.45, 7) is 6.51. The molecule has 2 aliphatic heterocycles. The van der Waals surface area contributed by atoms with E-state index in [1.807, 2.05) is 0 Å². The third-order valence-electron chi connectivity index (χ3n) is 6.01. The number of rotatable bonds is 6. The molecule has 2 aromatic carbocycles. The van der Waals surface area contributed by atoms with E-state index in [-0.39, 0.29) is 0 Å². The highest BCUT2D eigenvalue weighted by molar-refractivity contribution is 8.03. The average Bonchev–Trinajstić information content (AvgIpc) is 3.56. The van der Waals surface area contributed by atoms with Crippen molar-refractivity contribution in [1.29, 1.82) is 0 Å². The zero-order chi connectivity index (χ0) is 23.5. The highest BCUT2D eigenvalue weighted by Gasteiger charge is 2.24. The predicted molar refractivity (Wildman–Crippen MR) is 145 cm³/mol. The molecule has 2 aliphatic rings. The van der Waals surface area contributed by atoms with Crippen LogP contribution in [0.3, 0.4) is 0 Å². The standard InChI is InChI=1S/C26H26N4O2S3/c1-3-7-19(8-4-1)21-23(34-25(27-21)29-11-15-31-16-12-29)33-24-22(20-9-5-2-6-10-20)28-26(35-24)30-13-17-32-18-14-30/h1-10H,11-18H2.